The summed E-state index contributed by atoms with van der Waals surface area (Å²) in [6.45, 7) is 4.09. The molecule has 0 spiro atoms. The Hall–Kier alpha value is -1.23. The summed E-state index contributed by atoms with van der Waals surface area (Å²) in [6, 6.07) is 0.531. The highest BCUT2D eigenvalue weighted by atomic mass is 16.1. The van der Waals surface area contributed by atoms with Gasteiger partial charge in [0.2, 0.25) is 0 Å². The highest BCUT2D eigenvalue weighted by Gasteiger charge is 2.25. The van der Waals surface area contributed by atoms with Crippen molar-refractivity contribution < 1.29 is 4.79 Å². The van der Waals surface area contributed by atoms with Crippen LogP contribution in [-0.2, 0) is 11.2 Å². The molecule has 0 bridgehead atoms. The topological polar surface area (TPSA) is 73.8 Å². The number of carbonyl (C=O) groups is 1. The van der Waals surface area contributed by atoms with Gasteiger partial charge in [-0.15, -0.1) is 0 Å². The molecule has 0 saturated heterocycles. The van der Waals surface area contributed by atoms with Crippen LogP contribution in [0.2, 0.25) is 0 Å². The molecular formula is C13H22N4O. The van der Waals surface area contributed by atoms with Crippen molar-refractivity contribution in [2.24, 2.45) is 11.7 Å². The fourth-order valence-electron chi connectivity index (χ4n) is 2.57. The lowest BCUT2D eigenvalue weighted by atomic mass is 9.83. The van der Waals surface area contributed by atoms with E-state index in [1.165, 1.54) is 6.33 Å². The van der Waals surface area contributed by atoms with Gasteiger partial charge < -0.3 is 5.73 Å². The van der Waals surface area contributed by atoms with Crippen molar-refractivity contribution in [3.8, 4) is 0 Å². The summed E-state index contributed by atoms with van der Waals surface area (Å²) in [5.74, 6) is 1.24. The van der Waals surface area contributed by atoms with Crippen LogP contribution in [0.25, 0.3) is 0 Å². The second-order valence-corrected chi connectivity index (χ2v) is 5.47. The maximum Gasteiger partial charge on any atom is 0.143 e. The van der Waals surface area contributed by atoms with Crippen molar-refractivity contribution in [2.45, 2.75) is 58.0 Å². The van der Waals surface area contributed by atoms with E-state index in [2.05, 4.69) is 10.1 Å². The Bertz CT molecular complexity index is 405. The normalized spacial score (nSPS) is 24.4. The van der Waals surface area contributed by atoms with Crippen molar-refractivity contribution in [1.82, 2.24) is 14.8 Å². The van der Waals surface area contributed by atoms with Crippen LogP contribution in [0.1, 0.15) is 51.4 Å². The average Bonchev–Trinajstić information content (AvgIpc) is 2.78. The van der Waals surface area contributed by atoms with Crippen molar-refractivity contribution in [3.05, 3.63) is 12.2 Å². The number of nitrogens with two attached hydrogens (primary N) is 1. The highest BCUT2D eigenvalue weighted by Crippen LogP contribution is 2.25. The van der Waals surface area contributed by atoms with Crippen LogP contribution >= 0.6 is 0 Å². The van der Waals surface area contributed by atoms with Crippen LogP contribution in [0.15, 0.2) is 6.33 Å². The number of aromatic nitrogens is 3. The summed E-state index contributed by atoms with van der Waals surface area (Å²) in [7, 11) is 0. The van der Waals surface area contributed by atoms with Crippen LogP contribution in [0.4, 0.5) is 0 Å². The summed E-state index contributed by atoms with van der Waals surface area (Å²) < 4.78 is 1.83. The lowest BCUT2D eigenvalue weighted by Crippen LogP contribution is -2.31. The lowest BCUT2D eigenvalue weighted by Gasteiger charge is -2.24. The largest absolute Gasteiger partial charge is 0.328 e. The third-order valence-corrected chi connectivity index (χ3v) is 3.70. The number of nitrogens with zero attached hydrogens (tertiary/aromatic N) is 3. The van der Waals surface area contributed by atoms with Crippen LogP contribution < -0.4 is 5.73 Å². The molecule has 0 unspecified atom stereocenters. The molecule has 5 heteroatoms. The first-order valence-electron chi connectivity index (χ1n) is 6.74. The monoisotopic (exact) mass is 250 g/mol. The summed E-state index contributed by atoms with van der Waals surface area (Å²) in [4.78, 5) is 16.4. The van der Waals surface area contributed by atoms with Crippen LogP contribution in [-0.4, -0.2) is 26.6 Å². The molecule has 1 aliphatic rings. The van der Waals surface area contributed by atoms with E-state index in [9.17, 15) is 4.79 Å². The number of carbonyl (C=O) groups excluding carboxylic acids is 1. The van der Waals surface area contributed by atoms with Crippen LogP contribution in [0.3, 0.4) is 0 Å². The number of rotatable bonds is 4. The van der Waals surface area contributed by atoms with Crippen LogP contribution in [0.5, 0.6) is 0 Å². The van der Waals surface area contributed by atoms with E-state index in [0.29, 0.717) is 6.42 Å². The van der Waals surface area contributed by atoms with Gasteiger partial charge in [-0.25, -0.2) is 9.67 Å². The minimum Gasteiger partial charge on any atom is -0.328 e. The van der Waals surface area contributed by atoms with Crippen molar-refractivity contribution in [3.63, 3.8) is 0 Å². The van der Waals surface area contributed by atoms with E-state index in [1.807, 2.05) is 18.5 Å². The van der Waals surface area contributed by atoms with E-state index < -0.39 is 0 Å². The maximum absolute atomic E-state index is 12.2. The Kier molecular flexibility index (Phi) is 4.11. The Morgan fingerprint density at radius 2 is 2.11 bits per heavy atom. The Labute approximate surface area is 108 Å². The van der Waals surface area contributed by atoms with Crippen molar-refractivity contribution in [2.75, 3.05) is 0 Å². The highest BCUT2D eigenvalue weighted by molar-refractivity contribution is 5.82. The van der Waals surface area contributed by atoms with Gasteiger partial charge in [-0.3, -0.25) is 4.79 Å². The average molecular weight is 250 g/mol. The fourth-order valence-corrected chi connectivity index (χ4v) is 2.57. The molecule has 0 atom stereocenters. The Balaban J connectivity index is 1.96. The van der Waals surface area contributed by atoms with Crippen molar-refractivity contribution >= 4 is 5.78 Å². The summed E-state index contributed by atoms with van der Waals surface area (Å²) >= 11 is 0. The van der Waals surface area contributed by atoms with Gasteiger partial charge in [0, 0.05) is 18.0 Å². The molecule has 0 aliphatic heterocycles. The first-order chi connectivity index (χ1) is 8.58. The van der Waals surface area contributed by atoms with Gasteiger partial charge in [0.15, 0.2) is 0 Å². The molecule has 1 aromatic heterocycles. The zero-order valence-corrected chi connectivity index (χ0v) is 11.2. The lowest BCUT2D eigenvalue weighted by molar-refractivity contribution is -0.123. The molecular weight excluding hydrogens is 228 g/mol. The van der Waals surface area contributed by atoms with Gasteiger partial charge in [0.25, 0.3) is 0 Å². The van der Waals surface area contributed by atoms with Crippen molar-refractivity contribution in [1.29, 1.82) is 0 Å². The molecule has 1 aliphatic carbocycles. The van der Waals surface area contributed by atoms with Gasteiger partial charge in [0.05, 0.1) is 6.42 Å². The minimum atomic E-state index is 0.169. The van der Waals surface area contributed by atoms with E-state index in [-0.39, 0.29) is 23.8 Å². The molecule has 0 radical (unpaired) electrons. The van der Waals surface area contributed by atoms with Crippen LogP contribution in [0, 0.1) is 5.92 Å². The fraction of sp³-hybridized carbons (Fsp3) is 0.769. The Morgan fingerprint density at radius 3 is 2.72 bits per heavy atom. The molecule has 1 saturated carbocycles. The Morgan fingerprint density at radius 1 is 1.44 bits per heavy atom. The number of hydrogen-bond donors (Lipinski definition) is 1. The predicted octanol–water partition coefficient (Wildman–Crippen LogP) is 1.49. The standard InChI is InChI=1S/C13H22N4O/c1-9(2)17-13(15-8-16-17)7-12(18)10-3-5-11(14)6-4-10/h8-11H,3-7,14H2,1-2H3. The summed E-state index contributed by atoms with van der Waals surface area (Å²) in [6.07, 6.45) is 5.71. The zero-order valence-electron chi connectivity index (χ0n) is 11.2. The SMILES string of the molecule is CC(C)n1ncnc1CC(=O)C1CCC(N)CC1. The van der Waals surface area contributed by atoms with Gasteiger partial charge in [-0.2, -0.15) is 5.10 Å². The molecule has 1 aromatic rings. The molecule has 2 rings (SSSR count). The molecule has 2 N–H and O–H groups in total. The predicted molar refractivity (Wildman–Crippen MR) is 69.1 cm³/mol. The van der Waals surface area contributed by atoms with E-state index in [0.717, 1.165) is 31.5 Å². The summed E-state index contributed by atoms with van der Waals surface area (Å²) in [5.41, 5.74) is 5.86. The first kappa shape index (κ1) is 13.2. The zero-order chi connectivity index (χ0) is 13.1. The quantitative estimate of drug-likeness (QED) is 0.878. The molecule has 5 nitrogen and oxygen atoms in total. The molecule has 18 heavy (non-hydrogen) atoms. The van der Waals surface area contributed by atoms with E-state index >= 15 is 0 Å². The van der Waals surface area contributed by atoms with Gasteiger partial charge >= 0.3 is 0 Å². The van der Waals surface area contributed by atoms with E-state index in [4.69, 9.17) is 5.73 Å². The summed E-state index contributed by atoms with van der Waals surface area (Å²) in [5, 5.41) is 4.16. The molecule has 1 fully saturated rings. The number of Topliss-reactive ketones (excluding diaryl/α,β-unsaturated/α-hetero) is 1. The molecule has 0 amide bonds. The number of hydrogen-bond acceptors (Lipinski definition) is 4. The first-order valence-corrected chi connectivity index (χ1v) is 6.74. The second-order valence-electron chi connectivity index (χ2n) is 5.47. The maximum atomic E-state index is 12.2. The second kappa shape index (κ2) is 5.61. The number of ketones is 1. The minimum absolute atomic E-state index is 0.169. The van der Waals surface area contributed by atoms with E-state index in [1.54, 1.807) is 0 Å². The third kappa shape index (κ3) is 2.96. The molecule has 0 aromatic carbocycles. The van der Waals surface area contributed by atoms with Gasteiger partial charge in [-0.1, -0.05) is 0 Å². The van der Waals surface area contributed by atoms with Gasteiger partial charge in [0.1, 0.15) is 17.9 Å². The van der Waals surface area contributed by atoms with Gasteiger partial charge in [-0.05, 0) is 39.5 Å². The smallest absolute Gasteiger partial charge is 0.143 e. The third-order valence-electron chi connectivity index (χ3n) is 3.70. The molecule has 100 valence electrons. The molecule has 1 heterocycles.